The molecule has 0 bridgehead atoms. The molecule has 0 aliphatic carbocycles. The number of nitrogens with zero attached hydrogens (tertiary/aromatic N) is 3. The lowest BCUT2D eigenvalue weighted by Crippen LogP contribution is -2.03. The first-order valence-corrected chi connectivity index (χ1v) is 6.03. The number of hydrogen-bond donors (Lipinski definition) is 1. The molecule has 19 heavy (non-hydrogen) atoms. The number of anilines is 1. The summed E-state index contributed by atoms with van der Waals surface area (Å²) in [6.45, 7) is 2.31. The van der Waals surface area contributed by atoms with E-state index in [2.05, 4.69) is 20.3 Å². The Morgan fingerprint density at radius 3 is 2.58 bits per heavy atom. The van der Waals surface area contributed by atoms with Gasteiger partial charge in [-0.15, -0.1) is 11.3 Å². The fourth-order valence-corrected chi connectivity index (χ4v) is 2.07. The SMILES string of the molecule is CCNc1ncc(F)c(-c2cnc(C(F)(F)F)s2)n1. The van der Waals surface area contributed by atoms with E-state index in [4.69, 9.17) is 0 Å². The first-order valence-electron chi connectivity index (χ1n) is 5.21. The van der Waals surface area contributed by atoms with Gasteiger partial charge < -0.3 is 5.32 Å². The van der Waals surface area contributed by atoms with Crippen LogP contribution < -0.4 is 5.32 Å². The molecule has 102 valence electrons. The number of hydrogen-bond acceptors (Lipinski definition) is 5. The van der Waals surface area contributed by atoms with Gasteiger partial charge in [0.1, 0.15) is 5.69 Å². The van der Waals surface area contributed by atoms with Crippen molar-refractivity contribution in [3.63, 3.8) is 0 Å². The lowest BCUT2D eigenvalue weighted by Gasteiger charge is -2.03. The largest absolute Gasteiger partial charge is 0.443 e. The predicted molar refractivity (Wildman–Crippen MR) is 62.3 cm³/mol. The van der Waals surface area contributed by atoms with E-state index >= 15 is 0 Å². The summed E-state index contributed by atoms with van der Waals surface area (Å²) in [6, 6.07) is 0. The minimum absolute atomic E-state index is 0.00591. The lowest BCUT2D eigenvalue weighted by atomic mass is 10.3. The smallest absolute Gasteiger partial charge is 0.354 e. The van der Waals surface area contributed by atoms with Crippen molar-refractivity contribution in [3.8, 4) is 10.6 Å². The second-order valence-electron chi connectivity index (χ2n) is 3.45. The number of rotatable bonds is 3. The maximum Gasteiger partial charge on any atom is 0.443 e. The Morgan fingerprint density at radius 1 is 1.26 bits per heavy atom. The zero-order chi connectivity index (χ0) is 14.0. The number of nitrogens with one attached hydrogen (secondary N) is 1. The van der Waals surface area contributed by atoms with Crippen LogP contribution in [0.25, 0.3) is 10.6 Å². The van der Waals surface area contributed by atoms with Crippen molar-refractivity contribution in [1.29, 1.82) is 0 Å². The van der Waals surface area contributed by atoms with Crippen LogP contribution >= 0.6 is 11.3 Å². The normalized spacial score (nSPS) is 11.6. The van der Waals surface area contributed by atoms with Gasteiger partial charge in [-0.3, -0.25) is 0 Å². The molecule has 0 radical (unpaired) electrons. The summed E-state index contributed by atoms with van der Waals surface area (Å²) in [4.78, 5) is 10.7. The minimum Gasteiger partial charge on any atom is -0.354 e. The van der Waals surface area contributed by atoms with Crippen LogP contribution in [0.3, 0.4) is 0 Å². The van der Waals surface area contributed by atoms with Crippen LogP contribution in [0.5, 0.6) is 0 Å². The van der Waals surface area contributed by atoms with Crippen molar-refractivity contribution in [2.24, 2.45) is 0 Å². The Bertz CT molecular complexity index is 581. The van der Waals surface area contributed by atoms with Gasteiger partial charge >= 0.3 is 6.18 Å². The van der Waals surface area contributed by atoms with Crippen molar-refractivity contribution >= 4 is 17.3 Å². The minimum atomic E-state index is -4.54. The molecule has 2 rings (SSSR count). The van der Waals surface area contributed by atoms with E-state index in [0.717, 1.165) is 12.4 Å². The van der Waals surface area contributed by atoms with Crippen LogP contribution in [0, 0.1) is 5.82 Å². The van der Waals surface area contributed by atoms with Gasteiger partial charge in [-0.1, -0.05) is 0 Å². The third kappa shape index (κ3) is 2.98. The van der Waals surface area contributed by atoms with Crippen molar-refractivity contribution in [2.75, 3.05) is 11.9 Å². The van der Waals surface area contributed by atoms with E-state index in [1.54, 1.807) is 6.92 Å². The number of aromatic nitrogens is 3. The maximum absolute atomic E-state index is 13.5. The van der Waals surface area contributed by atoms with Crippen LogP contribution in [0.4, 0.5) is 23.5 Å². The molecule has 0 spiro atoms. The molecule has 0 aliphatic rings. The van der Waals surface area contributed by atoms with E-state index < -0.39 is 17.0 Å². The van der Waals surface area contributed by atoms with E-state index in [0.29, 0.717) is 17.9 Å². The molecule has 0 fully saturated rings. The second kappa shape index (κ2) is 5.08. The Kier molecular flexibility index (Phi) is 3.65. The van der Waals surface area contributed by atoms with Gasteiger partial charge in [-0.2, -0.15) is 13.2 Å². The molecule has 2 heterocycles. The fraction of sp³-hybridized carbons (Fsp3) is 0.300. The quantitative estimate of drug-likeness (QED) is 0.883. The highest BCUT2D eigenvalue weighted by Gasteiger charge is 2.35. The highest BCUT2D eigenvalue weighted by atomic mass is 32.1. The van der Waals surface area contributed by atoms with Gasteiger partial charge in [-0.05, 0) is 6.92 Å². The highest BCUT2D eigenvalue weighted by Crippen LogP contribution is 2.36. The van der Waals surface area contributed by atoms with Gasteiger partial charge in [-0.25, -0.2) is 19.3 Å². The number of alkyl halides is 3. The Balaban J connectivity index is 2.41. The summed E-state index contributed by atoms with van der Waals surface area (Å²) in [6.07, 6.45) is -2.68. The summed E-state index contributed by atoms with van der Waals surface area (Å²) in [5.41, 5.74) is -0.195. The molecule has 1 N–H and O–H groups in total. The van der Waals surface area contributed by atoms with Gasteiger partial charge in [0.25, 0.3) is 0 Å². The third-order valence-electron chi connectivity index (χ3n) is 2.06. The zero-order valence-corrected chi connectivity index (χ0v) is 10.4. The lowest BCUT2D eigenvalue weighted by molar-refractivity contribution is -0.137. The van der Waals surface area contributed by atoms with Gasteiger partial charge in [0.05, 0.1) is 11.1 Å². The molecule has 0 saturated heterocycles. The van der Waals surface area contributed by atoms with Crippen molar-refractivity contribution in [2.45, 2.75) is 13.1 Å². The van der Waals surface area contributed by atoms with Gasteiger partial charge in [0.15, 0.2) is 10.8 Å². The molecule has 9 heteroatoms. The number of thiazole rings is 1. The zero-order valence-electron chi connectivity index (χ0n) is 9.62. The molecular formula is C10H8F4N4S. The Morgan fingerprint density at radius 2 is 2.00 bits per heavy atom. The van der Waals surface area contributed by atoms with Crippen molar-refractivity contribution < 1.29 is 17.6 Å². The molecule has 0 atom stereocenters. The van der Waals surface area contributed by atoms with Gasteiger partial charge in [0, 0.05) is 12.7 Å². The standard InChI is InChI=1S/C10H8F4N4S/c1-2-15-9-17-3-5(11)7(18-9)6-4-16-8(19-6)10(12,13)14/h3-4H,2H2,1H3,(H,15,17,18). The van der Waals surface area contributed by atoms with E-state index in [1.807, 2.05) is 0 Å². The summed E-state index contributed by atoms with van der Waals surface area (Å²) < 4.78 is 50.8. The Hall–Kier alpha value is -1.77. The molecular weight excluding hydrogens is 284 g/mol. The molecule has 0 saturated carbocycles. The van der Waals surface area contributed by atoms with E-state index in [-0.39, 0.29) is 16.5 Å². The van der Waals surface area contributed by atoms with Gasteiger partial charge in [0.2, 0.25) is 5.95 Å². The van der Waals surface area contributed by atoms with Crippen LogP contribution in [0.1, 0.15) is 11.9 Å². The average molecular weight is 292 g/mol. The number of halogens is 4. The first kappa shape index (κ1) is 13.7. The van der Waals surface area contributed by atoms with Crippen LogP contribution in [0.2, 0.25) is 0 Å². The summed E-state index contributed by atoms with van der Waals surface area (Å²) in [5, 5.41) is 1.72. The fourth-order valence-electron chi connectivity index (χ4n) is 1.30. The summed E-state index contributed by atoms with van der Waals surface area (Å²) in [5.74, 6) is -0.639. The first-order chi connectivity index (χ1) is 8.91. The molecule has 0 aromatic carbocycles. The average Bonchev–Trinajstić information content (AvgIpc) is 2.81. The molecule has 0 amide bonds. The van der Waals surface area contributed by atoms with Crippen LogP contribution in [-0.2, 0) is 6.18 Å². The molecule has 2 aromatic heterocycles. The highest BCUT2D eigenvalue weighted by molar-refractivity contribution is 7.15. The van der Waals surface area contributed by atoms with Crippen molar-refractivity contribution in [3.05, 3.63) is 23.2 Å². The molecule has 0 unspecified atom stereocenters. The molecule has 0 aliphatic heterocycles. The van der Waals surface area contributed by atoms with E-state index in [9.17, 15) is 17.6 Å². The molecule has 4 nitrogen and oxygen atoms in total. The topological polar surface area (TPSA) is 50.7 Å². The monoisotopic (exact) mass is 292 g/mol. The Labute approximate surface area is 109 Å². The summed E-state index contributed by atoms with van der Waals surface area (Å²) in [7, 11) is 0. The van der Waals surface area contributed by atoms with E-state index in [1.165, 1.54) is 0 Å². The molecule has 2 aromatic rings. The third-order valence-corrected chi connectivity index (χ3v) is 3.11. The maximum atomic E-state index is 13.5. The second-order valence-corrected chi connectivity index (χ2v) is 4.48. The summed E-state index contributed by atoms with van der Waals surface area (Å²) >= 11 is 0.340. The predicted octanol–water partition coefficient (Wildman–Crippen LogP) is 3.19. The van der Waals surface area contributed by atoms with Crippen molar-refractivity contribution in [1.82, 2.24) is 15.0 Å². The van der Waals surface area contributed by atoms with Crippen LogP contribution in [0.15, 0.2) is 12.4 Å². The van der Waals surface area contributed by atoms with Crippen LogP contribution in [-0.4, -0.2) is 21.5 Å².